The Morgan fingerprint density at radius 2 is 1.77 bits per heavy atom. The lowest BCUT2D eigenvalue weighted by Gasteiger charge is -2.72. The van der Waals surface area contributed by atoms with E-state index in [1.165, 1.54) is 7.11 Å². The molecule has 0 aliphatic heterocycles. The highest BCUT2D eigenvalue weighted by molar-refractivity contribution is 9.10. The van der Waals surface area contributed by atoms with Gasteiger partial charge >= 0.3 is 12.1 Å². The molecule has 0 spiro atoms. The van der Waals surface area contributed by atoms with Crippen LogP contribution in [-0.4, -0.2) is 36.4 Å². The first-order valence-electron chi connectivity index (χ1n) is 10.2. The maximum Gasteiger partial charge on any atom is 0.408 e. The second-order valence-electron chi connectivity index (χ2n) is 9.64. The zero-order valence-corrected chi connectivity index (χ0v) is 20.1. The lowest BCUT2D eigenvalue weighted by molar-refractivity contribution is -0.168. The van der Waals surface area contributed by atoms with E-state index in [9.17, 15) is 9.59 Å². The highest BCUT2D eigenvalue weighted by Gasteiger charge is 2.70. The van der Waals surface area contributed by atoms with Crippen LogP contribution >= 0.6 is 15.9 Å². The van der Waals surface area contributed by atoms with Gasteiger partial charge in [-0.25, -0.2) is 9.59 Å². The number of hydrogen-bond acceptors (Lipinski definition) is 5. The maximum atomic E-state index is 12.5. The van der Waals surface area contributed by atoms with Gasteiger partial charge in [0.2, 0.25) is 0 Å². The van der Waals surface area contributed by atoms with Crippen LogP contribution in [0.15, 0.2) is 34.4 Å². The number of carbonyl (C=O) groups is 2. The summed E-state index contributed by atoms with van der Waals surface area (Å²) in [6.07, 6.45) is 2.37. The van der Waals surface area contributed by atoms with E-state index in [-0.39, 0.29) is 29.1 Å². The van der Waals surface area contributed by atoms with Crippen LogP contribution in [0.3, 0.4) is 0 Å². The summed E-state index contributed by atoms with van der Waals surface area (Å²) in [5.41, 5.74) is 1.56. The average molecular weight is 479 g/mol. The zero-order chi connectivity index (χ0) is 22.3. The van der Waals surface area contributed by atoms with Gasteiger partial charge in [-0.05, 0) is 65.4 Å². The summed E-state index contributed by atoms with van der Waals surface area (Å²) in [5.74, 6) is -0.375. The summed E-state index contributed by atoms with van der Waals surface area (Å²) >= 11 is 3.53. The molecule has 0 heterocycles. The lowest BCUT2D eigenvalue weighted by Crippen LogP contribution is -2.78. The molecule has 164 valence electrons. The molecule has 1 aromatic carbocycles. The van der Waals surface area contributed by atoms with E-state index in [2.05, 4.69) is 33.5 Å². The molecule has 3 fully saturated rings. The molecule has 30 heavy (non-hydrogen) atoms. The Hall–Kier alpha value is -2.02. The van der Waals surface area contributed by atoms with Crippen molar-refractivity contribution in [3.05, 3.63) is 40.0 Å². The van der Waals surface area contributed by atoms with Crippen molar-refractivity contribution < 1.29 is 19.1 Å². The van der Waals surface area contributed by atoms with E-state index in [0.29, 0.717) is 5.57 Å². The third-order valence-corrected chi connectivity index (χ3v) is 6.79. The minimum Gasteiger partial charge on any atom is -0.465 e. The van der Waals surface area contributed by atoms with Gasteiger partial charge in [0.05, 0.1) is 12.7 Å². The monoisotopic (exact) mass is 478 g/mol. The molecule has 7 heteroatoms. The molecular formula is C23H31BrN2O4. The lowest BCUT2D eigenvalue weighted by atomic mass is 9.37. The molecule has 1 aromatic rings. The Labute approximate surface area is 186 Å². The molecule has 0 radical (unpaired) electrons. The molecule has 1 atom stereocenters. The topological polar surface area (TPSA) is 76.7 Å². The van der Waals surface area contributed by atoms with Gasteiger partial charge in [0.15, 0.2) is 0 Å². The number of nitrogens with one attached hydrogen (secondary N) is 2. The molecule has 0 saturated heterocycles. The Bertz CT molecular complexity index is 868. The van der Waals surface area contributed by atoms with Gasteiger partial charge in [-0.1, -0.05) is 34.1 Å². The first-order valence-corrected chi connectivity index (χ1v) is 11.0. The molecule has 4 rings (SSSR count). The number of rotatable bonds is 6. The van der Waals surface area contributed by atoms with E-state index in [1.807, 2.05) is 52.0 Å². The van der Waals surface area contributed by atoms with Crippen LogP contribution in [0.1, 0.15) is 59.4 Å². The molecular weight excluding hydrogens is 448 g/mol. The normalized spacial score (nSPS) is 26.4. The molecule has 6 nitrogen and oxygen atoms in total. The van der Waals surface area contributed by atoms with Crippen molar-refractivity contribution in [1.29, 1.82) is 0 Å². The highest BCUT2D eigenvalue weighted by Crippen LogP contribution is 2.68. The van der Waals surface area contributed by atoms with Crippen molar-refractivity contribution in [2.24, 2.45) is 5.41 Å². The van der Waals surface area contributed by atoms with Crippen LogP contribution in [0.2, 0.25) is 0 Å². The summed E-state index contributed by atoms with van der Waals surface area (Å²) in [5, 5.41) is 6.57. The molecule has 3 aliphatic carbocycles. The molecule has 3 saturated carbocycles. The molecule has 3 aliphatic rings. The van der Waals surface area contributed by atoms with Crippen LogP contribution in [0, 0.1) is 5.41 Å². The summed E-state index contributed by atoms with van der Waals surface area (Å²) in [7, 11) is 1.39. The van der Waals surface area contributed by atoms with E-state index >= 15 is 0 Å². The van der Waals surface area contributed by atoms with Gasteiger partial charge in [0.1, 0.15) is 5.60 Å². The quantitative estimate of drug-likeness (QED) is 0.454. The summed E-state index contributed by atoms with van der Waals surface area (Å²) in [6, 6.07) is 7.76. The standard InChI is InChI=1S/C23H31BrN2O4/c1-14(18(19(27)29-6)16-9-7-8-10-17(16)24)25-15(2)22-11-23(12-22,13-22)26-20(28)30-21(3,4)5/h7-10,15,25H,11-13H2,1-6H3,(H,26,28)/b18-14+/t15-,22?,23?/m1/s1. The summed E-state index contributed by atoms with van der Waals surface area (Å²) in [6.45, 7) is 9.63. The number of halogens is 1. The van der Waals surface area contributed by atoms with Gasteiger partial charge in [-0.3, -0.25) is 0 Å². The van der Waals surface area contributed by atoms with Crippen molar-refractivity contribution >= 4 is 33.6 Å². The number of ether oxygens (including phenoxy) is 2. The van der Waals surface area contributed by atoms with Crippen molar-refractivity contribution in [2.75, 3.05) is 7.11 Å². The number of carbonyl (C=O) groups excluding carboxylic acids is 2. The molecule has 1 amide bonds. The number of alkyl carbamates (subject to hydrolysis) is 1. The molecule has 0 aromatic heterocycles. The van der Waals surface area contributed by atoms with Crippen molar-refractivity contribution in [1.82, 2.24) is 10.6 Å². The van der Waals surface area contributed by atoms with Gasteiger partial charge in [0.25, 0.3) is 0 Å². The smallest absolute Gasteiger partial charge is 0.408 e. The SMILES string of the molecule is COC(=O)/C(=C(\C)N[C@H](C)C12CC(NC(=O)OC(C)(C)C)(C1)C2)c1ccccc1Br. The van der Waals surface area contributed by atoms with Crippen LogP contribution < -0.4 is 10.6 Å². The predicted octanol–water partition coefficient (Wildman–Crippen LogP) is 4.78. The van der Waals surface area contributed by atoms with E-state index in [4.69, 9.17) is 9.47 Å². The van der Waals surface area contributed by atoms with E-state index in [1.54, 1.807) is 0 Å². The van der Waals surface area contributed by atoms with Crippen LogP contribution in [0.4, 0.5) is 4.79 Å². The Balaban J connectivity index is 1.68. The Morgan fingerprint density at radius 1 is 1.17 bits per heavy atom. The van der Waals surface area contributed by atoms with Gasteiger partial charge in [0, 0.05) is 27.3 Å². The minimum absolute atomic E-state index is 0.116. The van der Waals surface area contributed by atoms with Gasteiger partial charge < -0.3 is 20.1 Å². The van der Waals surface area contributed by atoms with Gasteiger partial charge in [-0.15, -0.1) is 0 Å². The second kappa shape index (κ2) is 7.91. The maximum absolute atomic E-state index is 12.5. The second-order valence-corrected chi connectivity index (χ2v) is 10.5. The number of esters is 1. The Morgan fingerprint density at radius 3 is 2.30 bits per heavy atom. The predicted molar refractivity (Wildman–Crippen MR) is 120 cm³/mol. The zero-order valence-electron chi connectivity index (χ0n) is 18.5. The van der Waals surface area contributed by atoms with E-state index < -0.39 is 5.60 Å². The average Bonchev–Trinajstić information content (AvgIpc) is 2.56. The van der Waals surface area contributed by atoms with Crippen molar-refractivity contribution in [2.45, 2.75) is 71.1 Å². The first kappa shape index (κ1) is 22.7. The Kier molecular flexibility index (Phi) is 5.98. The number of allylic oxidation sites excluding steroid dienone is 1. The van der Waals surface area contributed by atoms with Crippen molar-refractivity contribution in [3.63, 3.8) is 0 Å². The number of methoxy groups -OCH3 is 1. The fraction of sp³-hybridized carbons (Fsp3) is 0.565. The fourth-order valence-corrected chi connectivity index (χ4v) is 5.24. The van der Waals surface area contributed by atoms with Crippen molar-refractivity contribution in [3.8, 4) is 0 Å². The largest absolute Gasteiger partial charge is 0.465 e. The third-order valence-electron chi connectivity index (χ3n) is 6.10. The first-order chi connectivity index (χ1) is 13.9. The number of hydrogen-bond donors (Lipinski definition) is 2. The third kappa shape index (κ3) is 4.36. The van der Waals surface area contributed by atoms with E-state index in [0.717, 1.165) is 35.0 Å². The minimum atomic E-state index is -0.502. The molecule has 2 N–H and O–H groups in total. The van der Waals surface area contributed by atoms with Gasteiger partial charge in [-0.2, -0.15) is 0 Å². The van der Waals surface area contributed by atoms with Crippen LogP contribution in [0.25, 0.3) is 5.57 Å². The van der Waals surface area contributed by atoms with Crippen LogP contribution in [0.5, 0.6) is 0 Å². The number of benzene rings is 1. The fourth-order valence-electron chi connectivity index (χ4n) is 4.76. The molecule has 2 bridgehead atoms. The summed E-state index contributed by atoms with van der Waals surface area (Å²) in [4.78, 5) is 24.6. The highest BCUT2D eigenvalue weighted by atomic mass is 79.9. The summed E-state index contributed by atoms with van der Waals surface area (Å²) < 4.78 is 11.3. The number of amides is 1. The molecule has 0 unspecified atom stereocenters. The van der Waals surface area contributed by atoms with Crippen LogP contribution in [-0.2, 0) is 14.3 Å².